The summed E-state index contributed by atoms with van der Waals surface area (Å²) in [6.45, 7) is 10.6. The van der Waals surface area contributed by atoms with E-state index in [4.69, 9.17) is 38.4 Å². The van der Waals surface area contributed by atoms with Gasteiger partial charge in [0, 0.05) is 36.2 Å². The van der Waals surface area contributed by atoms with Crippen molar-refractivity contribution >= 4 is 35.0 Å². The summed E-state index contributed by atoms with van der Waals surface area (Å²) in [6.07, 6.45) is 3.71. The van der Waals surface area contributed by atoms with Crippen molar-refractivity contribution in [1.82, 2.24) is 14.7 Å². The first-order chi connectivity index (χ1) is 23.6. The largest absolute Gasteiger partial charge is 0.496 e. The quantitative estimate of drug-likeness (QED) is 0.203. The van der Waals surface area contributed by atoms with E-state index in [0.717, 1.165) is 75.2 Å². The number of nitrogens with zero attached hydrogens (tertiary/aromatic N) is 3. The van der Waals surface area contributed by atoms with Crippen molar-refractivity contribution in [3.05, 3.63) is 93.0 Å². The third-order valence-corrected chi connectivity index (χ3v) is 11.8. The zero-order valence-electron chi connectivity index (χ0n) is 29.3. The highest BCUT2D eigenvalue weighted by molar-refractivity contribution is 6.42. The van der Waals surface area contributed by atoms with E-state index in [2.05, 4.69) is 23.6 Å². The van der Waals surface area contributed by atoms with Gasteiger partial charge in [0.15, 0.2) is 0 Å². The molecule has 264 valence electrons. The van der Waals surface area contributed by atoms with E-state index >= 15 is 0 Å². The number of benzene rings is 3. The molecule has 49 heavy (non-hydrogen) atoms. The maximum Gasteiger partial charge on any atom is 0.254 e. The molecule has 2 saturated heterocycles. The lowest BCUT2D eigenvalue weighted by atomic mass is 9.71. The number of carbonyl (C=O) groups is 2. The monoisotopic (exact) mass is 708 g/mol. The molecule has 2 fully saturated rings. The second-order valence-corrected chi connectivity index (χ2v) is 14.2. The number of amides is 2. The summed E-state index contributed by atoms with van der Waals surface area (Å²) in [4.78, 5) is 33.7. The lowest BCUT2D eigenvalue weighted by molar-refractivity contribution is -0.125. The maximum absolute atomic E-state index is 14.2. The van der Waals surface area contributed by atoms with Crippen molar-refractivity contribution in [3.8, 4) is 11.5 Å². The number of primary amides is 1. The first kappa shape index (κ1) is 37.0. The fourth-order valence-corrected chi connectivity index (χ4v) is 8.07. The van der Waals surface area contributed by atoms with Gasteiger partial charge < -0.3 is 29.9 Å². The van der Waals surface area contributed by atoms with Gasteiger partial charge in [-0.15, -0.1) is 0 Å². The standard InChI is InChI=1S/C39H50Cl2N4O4/c1-5-43(6-2)19-14-31-34(48-3)24-28(25-35(31)49-4)36(46)45-23-16-38(27-45,30-12-13-32(40)33(41)26-30)15-20-44-21-17-39(18-22-44,37(42)47)29-10-8-7-9-11-29/h7-13,24-26H,5-6,14-23,27H2,1-4H3,(H2,42,47). The predicted octanol–water partition coefficient (Wildman–Crippen LogP) is 6.59. The Morgan fingerprint density at radius 1 is 0.857 bits per heavy atom. The van der Waals surface area contributed by atoms with Crippen LogP contribution in [0.25, 0.3) is 0 Å². The molecule has 5 rings (SSSR count). The van der Waals surface area contributed by atoms with E-state index in [1.165, 1.54) is 0 Å². The van der Waals surface area contributed by atoms with E-state index < -0.39 is 5.41 Å². The van der Waals surface area contributed by atoms with Crippen molar-refractivity contribution in [3.63, 3.8) is 0 Å². The van der Waals surface area contributed by atoms with E-state index in [9.17, 15) is 9.59 Å². The molecular weight excluding hydrogens is 659 g/mol. The van der Waals surface area contributed by atoms with Gasteiger partial charge in [0.1, 0.15) is 11.5 Å². The van der Waals surface area contributed by atoms with Crippen LogP contribution >= 0.6 is 23.2 Å². The van der Waals surface area contributed by atoms with Gasteiger partial charge in [-0.2, -0.15) is 0 Å². The SMILES string of the molecule is CCN(CC)CCc1c(OC)cc(C(=O)N2CCC(CCN3CCC(C(N)=O)(c4ccccc4)CC3)(c3ccc(Cl)c(Cl)c3)C2)cc1OC. The smallest absolute Gasteiger partial charge is 0.254 e. The van der Waals surface area contributed by atoms with Gasteiger partial charge in [0.2, 0.25) is 5.91 Å². The van der Waals surface area contributed by atoms with E-state index in [1.54, 1.807) is 14.2 Å². The Balaban J connectivity index is 1.35. The zero-order chi connectivity index (χ0) is 35.2. The van der Waals surface area contributed by atoms with Crippen LogP contribution in [0.2, 0.25) is 10.0 Å². The van der Waals surface area contributed by atoms with Crippen molar-refractivity contribution in [1.29, 1.82) is 0 Å². The molecule has 2 N–H and O–H groups in total. The summed E-state index contributed by atoms with van der Waals surface area (Å²) in [6, 6.07) is 19.5. The normalized spacial score (nSPS) is 19.3. The van der Waals surface area contributed by atoms with Crippen LogP contribution in [0.15, 0.2) is 60.7 Å². The third kappa shape index (κ3) is 7.88. The Morgan fingerprint density at radius 2 is 1.51 bits per heavy atom. The van der Waals surface area contributed by atoms with Crippen LogP contribution in [0.3, 0.4) is 0 Å². The van der Waals surface area contributed by atoms with E-state index in [1.807, 2.05) is 65.6 Å². The molecule has 8 nitrogen and oxygen atoms in total. The number of likely N-dealkylation sites (N-methyl/N-ethyl adjacent to an activating group) is 1. The van der Waals surface area contributed by atoms with Gasteiger partial charge >= 0.3 is 0 Å². The average Bonchev–Trinajstić information content (AvgIpc) is 3.57. The van der Waals surface area contributed by atoms with Crippen molar-refractivity contribution in [2.24, 2.45) is 5.73 Å². The van der Waals surface area contributed by atoms with Crippen LogP contribution in [0.1, 0.15) is 66.6 Å². The highest BCUT2D eigenvalue weighted by Gasteiger charge is 2.44. The number of hydrogen-bond acceptors (Lipinski definition) is 6. The van der Waals surface area contributed by atoms with Gasteiger partial charge in [-0.3, -0.25) is 9.59 Å². The lowest BCUT2D eigenvalue weighted by Crippen LogP contribution is -2.50. The van der Waals surface area contributed by atoms with Crippen molar-refractivity contribution < 1.29 is 19.1 Å². The van der Waals surface area contributed by atoms with Gasteiger partial charge in [0.05, 0.1) is 29.7 Å². The van der Waals surface area contributed by atoms with Crippen LogP contribution < -0.4 is 15.2 Å². The Hall–Kier alpha value is -3.30. The first-order valence-electron chi connectivity index (χ1n) is 17.4. The number of ether oxygens (including phenoxy) is 2. The Kier molecular flexibility index (Phi) is 12.2. The summed E-state index contributed by atoms with van der Waals surface area (Å²) in [7, 11) is 3.28. The van der Waals surface area contributed by atoms with Crippen LogP contribution in [0.4, 0.5) is 0 Å². The molecule has 0 radical (unpaired) electrons. The van der Waals surface area contributed by atoms with E-state index in [-0.39, 0.29) is 17.2 Å². The van der Waals surface area contributed by atoms with Crippen molar-refractivity contribution in [2.75, 3.05) is 66.6 Å². The van der Waals surface area contributed by atoms with Gasteiger partial charge in [-0.25, -0.2) is 0 Å². The minimum Gasteiger partial charge on any atom is -0.496 e. The number of likely N-dealkylation sites (tertiary alicyclic amines) is 2. The molecule has 3 aromatic rings. The number of rotatable bonds is 14. The predicted molar refractivity (Wildman–Crippen MR) is 197 cm³/mol. The summed E-state index contributed by atoms with van der Waals surface area (Å²) >= 11 is 12.9. The Morgan fingerprint density at radius 3 is 2.08 bits per heavy atom. The number of hydrogen-bond donors (Lipinski definition) is 1. The molecule has 1 atom stereocenters. The topological polar surface area (TPSA) is 88.3 Å². The Bertz CT molecular complexity index is 1580. The molecule has 10 heteroatoms. The summed E-state index contributed by atoms with van der Waals surface area (Å²) in [5.74, 6) is 1.01. The highest BCUT2D eigenvalue weighted by Crippen LogP contribution is 2.42. The second-order valence-electron chi connectivity index (χ2n) is 13.4. The molecule has 0 aliphatic carbocycles. The van der Waals surface area contributed by atoms with E-state index in [0.29, 0.717) is 53.0 Å². The highest BCUT2D eigenvalue weighted by atomic mass is 35.5. The second kappa shape index (κ2) is 16.2. The number of carbonyl (C=O) groups excluding carboxylic acids is 2. The molecule has 0 spiro atoms. The van der Waals surface area contributed by atoms with Crippen LogP contribution in [-0.2, 0) is 22.0 Å². The fourth-order valence-electron chi connectivity index (χ4n) is 7.77. The molecule has 3 aromatic carbocycles. The Labute approximate surface area is 301 Å². The molecule has 2 aliphatic heterocycles. The first-order valence-corrected chi connectivity index (χ1v) is 18.1. The van der Waals surface area contributed by atoms with Crippen molar-refractivity contribution in [2.45, 2.75) is 56.8 Å². The summed E-state index contributed by atoms with van der Waals surface area (Å²) < 4.78 is 11.6. The summed E-state index contributed by atoms with van der Waals surface area (Å²) in [5.41, 5.74) is 8.62. The minimum absolute atomic E-state index is 0.0547. The summed E-state index contributed by atoms with van der Waals surface area (Å²) in [5, 5.41) is 1.01. The lowest BCUT2D eigenvalue weighted by Gasteiger charge is -2.41. The van der Waals surface area contributed by atoms with Gasteiger partial charge in [0.25, 0.3) is 5.91 Å². The molecule has 2 heterocycles. The van der Waals surface area contributed by atoms with Crippen LogP contribution in [0.5, 0.6) is 11.5 Å². The molecular formula is C39H50Cl2N4O4. The molecule has 0 aromatic heterocycles. The number of halogens is 2. The van der Waals surface area contributed by atoms with Crippen LogP contribution in [0, 0.1) is 0 Å². The molecule has 2 amide bonds. The number of nitrogens with two attached hydrogens (primary N) is 1. The zero-order valence-corrected chi connectivity index (χ0v) is 30.8. The third-order valence-electron chi connectivity index (χ3n) is 11.0. The molecule has 2 aliphatic rings. The molecule has 1 unspecified atom stereocenters. The number of methoxy groups -OCH3 is 2. The average molecular weight is 710 g/mol. The molecule has 0 saturated carbocycles. The van der Waals surface area contributed by atoms with Gasteiger partial charge in [-0.1, -0.05) is 73.4 Å². The number of piperidine rings is 1. The molecule has 0 bridgehead atoms. The van der Waals surface area contributed by atoms with Gasteiger partial charge in [-0.05, 0) is 100 Å². The fraction of sp³-hybridized carbons (Fsp3) is 0.487. The van der Waals surface area contributed by atoms with Crippen LogP contribution in [-0.4, -0.2) is 93.1 Å². The maximum atomic E-state index is 14.2. The minimum atomic E-state index is -0.654.